The van der Waals surface area contributed by atoms with E-state index in [1.165, 1.54) is 4.90 Å². The third kappa shape index (κ3) is 1.77. The summed E-state index contributed by atoms with van der Waals surface area (Å²) in [5.41, 5.74) is 3.34. The van der Waals surface area contributed by atoms with E-state index in [0.717, 1.165) is 11.3 Å². The Balaban J connectivity index is 2.09. The van der Waals surface area contributed by atoms with E-state index in [-0.39, 0.29) is 11.8 Å². The van der Waals surface area contributed by atoms with Crippen LogP contribution in [0.15, 0.2) is 42.5 Å². The van der Waals surface area contributed by atoms with Crippen LogP contribution in [-0.2, 0) is 0 Å². The van der Waals surface area contributed by atoms with E-state index in [2.05, 4.69) is 5.32 Å². The van der Waals surface area contributed by atoms with Gasteiger partial charge in [-0.2, -0.15) is 0 Å². The topological polar surface area (TPSA) is 49.4 Å². The molecule has 4 nitrogen and oxygen atoms in total. The highest BCUT2D eigenvalue weighted by molar-refractivity contribution is 6.34. The maximum atomic E-state index is 12.5. The minimum absolute atomic E-state index is 0.266. The Bertz CT molecular complexity index is 722. The van der Waals surface area contributed by atoms with Crippen LogP contribution < -0.4 is 10.2 Å². The van der Waals surface area contributed by atoms with Crippen molar-refractivity contribution in [2.75, 3.05) is 17.3 Å². The number of nitrogens with zero attached hydrogens (tertiary/aromatic N) is 1. The summed E-state index contributed by atoms with van der Waals surface area (Å²) < 4.78 is 0. The molecule has 0 atom stereocenters. The first kappa shape index (κ1) is 12.4. The highest BCUT2D eigenvalue weighted by Gasteiger charge is 2.36. The Kier molecular flexibility index (Phi) is 2.79. The summed E-state index contributed by atoms with van der Waals surface area (Å²) in [6, 6.07) is 12.6. The van der Waals surface area contributed by atoms with Crippen LogP contribution in [-0.4, -0.2) is 18.9 Å². The van der Waals surface area contributed by atoms with Gasteiger partial charge in [0.15, 0.2) is 0 Å². The zero-order valence-corrected chi connectivity index (χ0v) is 11.3. The monoisotopic (exact) mass is 266 g/mol. The van der Waals surface area contributed by atoms with Crippen molar-refractivity contribution in [1.29, 1.82) is 0 Å². The van der Waals surface area contributed by atoms with Gasteiger partial charge in [-0.1, -0.05) is 12.1 Å². The average molecular weight is 266 g/mol. The molecule has 4 heteroatoms. The number of aryl methyl sites for hydroxylation is 1. The quantitative estimate of drug-likeness (QED) is 0.850. The molecule has 1 aliphatic heterocycles. The van der Waals surface area contributed by atoms with Gasteiger partial charge in [-0.15, -0.1) is 0 Å². The molecule has 0 aromatic heterocycles. The Labute approximate surface area is 117 Å². The van der Waals surface area contributed by atoms with E-state index in [1.807, 2.05) is 25.1 Å². The van der Waals surface area contributed by atoms with Crippen molar-refractivity contribution >= 4 is 23.2 Å². The van der Waals surface area contributed by atoms with Crippen molar-refractivity contribution in [3.05, 3.63) is 59.2 Å². The number of imide groups is 1. The molecule has 3 rings (SSSR count). The molecule has 0 bridgehead atoms. The van der Waals surface area contributed by atoms with Crippen LogP contribution in [0.1, 0.15) is 26.3 Å². The van der Waals surface area contributed by atoms with Gasteiger partial charge in [0.2, 0.25) is 0 Å². The summed E-state index contributed by atoms with van der Waals surface area (Å²) in [5, 5.41) is 2.97. The highest BCUT2D eigenvalue weighted by Crippen LogP contribution is 2.30. The number of anilines is 2. The lowest BCUT2D eigenvalue weighted by Gasteiger charge is -2.14. The lowest BCUT2D eigenvalue weighted by Crippen LogP contribution is -2.29. The molecule has 2 aromatic rings. The molecule has 0 aliphatic carbocycles. The molecule has 0 radical (unpaired) electrons. The van der Waals surface area contributed by atoms with Gasteiger partial charge in [-0.05, 0) is 42.8 Å². The van der Waals surface area contributed by atoms with E-state index < -0.39 is 0 Å². The number of rotatable bonds is 2. The van der Waals surface area contributed by atoms with Gasteiger partial charge in [-0.25, -0.2) is 4.90 Å². The van der Waals surface area contributed by atoms with Gasteiger partial charge in [0.1, 0.15) is 0 Å². The van der Waals surface area contributed by atoms with Gasteiger partial charge in [0, 0.05) is 12.7 Å². The third-order valence-electron chi connectivity index (χ3n) is 3.44. The van der Waals surface area contributed by atoms with Crippen molar-refractivity contribution < 1.29 is 9.59 Å². The van der Waals surface area contributed by atoms with E-state index in [1.54, 1.807) is 31.3 Å². The Morgan fingerprint density at radius 2 is 1.70 bits per heavy atom. The van der Waals surface area contributed by atoms with Crippen LogP contribution in [0.2, 0.25) is 0 Å². The Morgan fingerprint density at radius 1 is 0.950 bits per heavy atom. The van der Waals surface area contributed by atoms with Gasteiger partial charge < -0.3 is 5.32 Å². The van der Waals surface area contributed by atoms with Gasteiger partial charge in [-0.3, -0.25) is 9.59 Å². The molecule has 20 heavy (non-hydrogen) atoms. The lowest BCUT2D eigenvalue weighted by molar-refractivity contribution is 0.0926. The van der Waals surface area contributed by atoms with Crippen LogP contribution in [0.3, 0.4) is 0 Å². The normalized spacial score (nSPS) is 13.6. The number of fused-ring (bicyclic) bond motifs is 1. The first-order chi connectivity index (χ1) is 9.61. The number of carbonyl (C=O) groups is 2. The zero-order chi connectivity index (χ0) is 14.3. The lowest BCUT2D eigenvalue weighted by atomic mass is 10.1. The highest BCUT2D eigenvalue weighted by atomic mass is 16.2. The Hall–Kier alpha value is -2.62. The minimum atomic E-state index is -0.271. The Morgan fingerprint density at radius 3 is 2.40 bits per heavy atom. The van der Waals surface area contributed by atoms with E-state index >= 15 is 0 Å². The molecule has 0 fully saturated rings. The molecule has 1 heterocycles. The third-order valence-corrected chi connectivity index (χ3v) is 3.44. The van der Waals surface area contributed by atoms with Crippen LogP contribution in [0.25, 0.3) is 0 Å². The second-order valence-electron chi connectivity index (χ2n) is 4.80. The summed E-state index contributed by atoms with van der Waals surface area (Å²) >= 11 is 0. The fourth-order valence-corrected chi connectivity index (χ4v) is 2.40. The summed E-state index contributed by atoms with van der Waals surface area (Å²) in [4.78, 5) is 26.1. The maximum absolute atomic E-state index is 12.5. The van der Waals surface area contributed by atoms with Gasteiger partial charge in [0.05, 0.1) is 16.8 Å². The van der Waals surface area contributed by atoms with Crippen LogP contribution in [0.5, 0.6) is 0 Å². The molecule has 100 valence electrons. The van der Waals surface area contributed by atoms with Crippen LogP contribution in [0, 0.1) is 6.92 Å². The largest absolute Gasteiger partial charge is 0.388 e. The van der Waals surface area contributed by atoms with Gasteiger partial charge >= 0.3 is 0 Å². The predicted octanol–water partition coefficient (Wildman–Crippen LogP) is 2.84. The summed E-state index contributed by atoms with van der Waals surface area (Å²) in [7, 11) is 1.78. The van der Waals surface area contributed by atoms with E-state index in [4.69, 9.17) is 0 Å². The molecule has 1 N–H and O–H groups in total. The van der Waals surface area contributed by atoms with E-state index in [0.29, 0.717) is 16.8 Å². The summed E-state index contributed by atoms with van der Waals surface area (Å²) in [5.74, 6) is -0.536. The number of hydrogen-bond acceptors (Lipinski definition) is 3. The fourth-order valence-electron chi connectivity index (χ4n) is 2.40. The van der Waals surface area contributed by atoms with Gasteiger partial charge in [0.25, 0.3) is 11.8 Å². The van der Waals surface area contributed by atoms with Crippen molar-refractivity contribution in [3.63, 3.8) is 0 Å². The van der Waals surface area contributed by atoms with Crippen molar-refractivity contribution in [1.82, 2.24) is 0 Å². The molecule has 0 saturated carbocycles. The zero-order valence-electron chi connectivity index (χ0n) is 11.3. The number of amides is 2. The van der Waals surface area contributed by atoms with Crippen LogP contribution in [0.4, 0.5) is 11.4 Å². The minimum Gasteiger partial charge on any atom is -0.388 e. The standard InChI is InChI=1S/C16H14N2O2/c1-10-4-3-5-12(8-10)18-15(19)13-7-6-11(17-2)9-14(13)16(18)20/h3-9,17H,1-2H3. The first-order valence-electron chi connectivity index (χ1n) is 6.39. The van der Waals surface area contributed by atoms with E-state index in [9.17, 15) is 9.59 Å². The first-order valence-corrected chi connectivity index (χ1v) is 6.39. The molecule has 0 unspecified atom stereocenters. The second-order valence-corrected chi connectivity index (χ2v) is 4.80. The van der Waals surface area contributed by atoms with Crippen LogP contribution >= 0.6 is 0 Å². The SMILES string of the molecule is CNc1ccc2c(c1)C(=O)N(c1cccc(C)c1)C2=O. The predicted molar refractivity (Wildman–Crippen MR) is 78.3 cm³/mol. The fraction of sp³-hybridized carbons (Fsp3) is 0.125. The maximum Gasteiger partial charge on any atom is 0.266 e. The van der Waals surface area contributed by atoms with Crippen molar-refractivity contribution in [3.8, 4) is 0 Å². The number of nitrogens with one attached hydrogen (secondary N) is 1. The molecule has 2 aromatic carbocycles. The second kappa shape index (κ2) is 4.49. The summed E-state index contributed by atoms with van der Waals surface area (Å²) in [6.45, 7) is 1.93. The molecular formula is C16H14N2O2. The molecule has 0 saturated heterocycles. The van der Waals surface area contributed by atoms with Crippen molar-refractivity contribution in [2.45, 2.75) is 6.92 Å². The number of carbonyl (C=O) groups excluding carboxylic acids is 2. The smallest absolute Gasteiger partial charge is 0.266 e. The average Bonchev–Trinajstić information content (AvgIpc) is 2.70. The number of benzene rings is 2. The molecule has 0 spiro atoms. The molecule has 1 aliphatic rings. The summed E-state index contributed by atoms with van der Waals surface area (Å²) in [6.07, 6.45) is 0. The number of hydrogen-bond donors (Lipinski definition) is 1. The molecule has 2 amide bonds. The van der Waals surface area contributed by atoms with Crippen molar-refractivity contribution in [2.24, 2.45) is 0 Å². The molecular weight excluding hydrogens is 252 g/mol.